The van der Waals surface area contributed by atoms with Crippen molar-refractivity contribution in [1.29, 1.82) is 0 Å². The summed E-state index contributed by atoms with van der Waals surface area (Å²) in [5.41, 5.74) is 3.79. The van der Waals surface area contributed by atoms with Crippen LogP contribution in [0.25, 0.3) is 11.0 Å². The Morgan fingerprint density at radius 1 is 0.980 bits per heavy atom. The van der Waals surface area contributed by atoms with Crippen LogP contribution in [0, 0.1) is 37.3 Å². The first-order valence-corrected chi connectivity index (χ1v) is 17.0. The van der Waals surface area contributed by atoms with Crippen LogP contribution >= 0.6 is 0 Å². The van der Waals surface area contributed by atoms with Crippen molar-refractivity contribution in [2.24, 2.45) is 7.05 Å². The van der Waals surface area contributed by atoms with Crippen molar-refractivity contribution in [3.05, 3.63) is 120 Å². The molecule has 51 heavy (non-hydrogen) atoms. The molecule has 10 nitrogen and oxygen atoms in total. The zero-order valence-electron chi connectivity index (χ0n) is 29.4. The Hall–Kier alpha value is -5.41. The summed E-state index contributed by atoms with van der Waals surface area (Å²) >= 11 is 0. The summed E-state index contributed by atoms with van der Waals surface area (Å²) in [6, 6.07) is 11.6. The number of morpholine rings is 1. The van der Waals surface area contributed by atoms with E-state index in [0.717, 1.165) is 55.1 Å². The average molecular weight is 695 g/mol. The highest BCUT2D eigenvalue weighted by molar-refractivity contribution is 5.97. The number of benzene rings is 2. The standard InChI is InChI=1S/C39H40F2N6O4/c1-24(2)47-37-31(22-42-35(43-37)21-27-10-13-29(14-11-27)45-16-18-51-19-17-45)25(3)30(38(47)49)8-6-7-9-34(48)36-26(4)44(5)46(39(36)50)23-28-12-15-32(40)33(41)20-28/h10-15,20,22,24H,7,9,16-19,21,23H2,1-5H3. The number of nitrogens with zero attached hydrogens (tertiary/aromatic N) is 6. The maximum atomic E-state index is 13.8. The summed E-state index contributed by atoms with van der Waals surface area (Å²) in [5.74, 6) is 4.19. The second kappa shape index (κ2) is 14.8. The van der Waals surface area contributed by atoms with E-state index in [4.69, 9.17) is 9.72 Å². The van der Waals surface area contributed by atoms with E-state index in [0.29, 0.717) is 40.3 Å². The van der Waals surface area contributed by atoms with Crippen molar-refractivity contribution in [1.82, 2.24) is 23.9 Å². The van der Waals surface area contributed by atoms with Gasteiger partial charge < -0.3 is 9.64 Å². The largest absolute Gasteiger partial charge is 0.378 e. The normalized spacial score (nSPS) is 13.1. The number of pyridine rings is 1. The number of ether oxygens (including phenoxy) is 1. The minimum absolute atomic E-state index is 0.0203. The summed E-state index contributed by atoms with van der Waals surface area (Å²) in [4.78, 5) is 52.0. The molecule has 0 aliphatic carbocycles. The topological polar surface area (TPSA) is 104 Å². The minimum atomic E-state index is -1.01. The zero-order chi connectivity index (χ0) is 36.4. The number of aryl methyl sites for hydroxylation is 1. The molecule has 0 amide bonds. The van der Waals surface area contributed by atoms with Crippen LogP contribution in [-0.2, 0) is 24.8 Å². The fourth-order valence-electron chi connectivity index (χ4n) is 6.43. The number of fused-ring (bicyclic) bond motifs is 1. The average Bonchev–Trinajstić information content (AvgIpc) is 3.32. The number of ketones is 1. The summed E-state index contributed by atoms with van der Waals surface area (Å²) < 4.78 is 37.1. The molecule has 0 atom stereocenters. The lowest BCUT2D eigenvalue weighted by atomic mass is 10.1. The van der Waals surface area contributed by atoms with Crippen LogP contribution in [-0.4, -0.2) is 56.0 Å². The van der Waals surface area contributed by atoms with Gasteiger partial charge in [0.05, 0.1) is 25.3 Å². The first-order valence-electron chi connectivity index (χ1n) is 17.0. The number of aromatic nitrogens is 5. The second-order valence-corrected chi connectivity index (χ2v) is 13.1. The third-order valence-corrected chi connectivity index (χ3v) is 9.39. The van der Waals surface area contributed by atoms with Crippen molar-refractivity contribution < 1.29 is 18.3 Å². The van der Waals surface area contributed by atoms with Crippen molar-refractivity contribution in [2.45, 2.75) is 59.5 Å². The van der Waals surface area contributed by atoms with Crippen LogP contribution in [0.3, 0.4) is 0 Å². The highest BCUT2D eigenvalue weighted by Crippen LogP contribution is 2.22. The summed E-state index contributed by atoms with van der Waals surface area (Å²) in [7, 11) is 1.63. The molecule has 4 heterocycles. The number of halogens is 2. The Balaban J connectivity index is 1.20. The van der Waals surface area contributed by atoms with E-state index in [1.54, 1.807) is 24.7 Å². The third-order valence-electron chi connectivity index (χ3n) is 9.39. The monoisotopic (exact) mass is 694 g/mol. The van der Waals surface area contributed by atoms with E-state index in [1.165, 1.54) is 15.4 Å². The molecule has 6 rings (SSSR count). The molecule has 264 valence electrons. The number of carbonyl (C=O) groups excluding carboxylic acids is 1. The molecule has 2 aromatic carbocycles. The fourth-order valence-corrected chi connectivity index (χ4v) is 6.43. The van der Waals surface area contributed by atoms with E-state index in [2.05, 4.69) is 46.0 Å². The predicted molar refractivity (Wildman–Crippen MR) is 192 cm³/mol. The Bertz CT molecular complexity index is 2310. The number of carbonyl (C=O) groups is 1. The van der Waals surface area contributed by atoms with E-state index < -0.39 is 23.0 Å². The Kier molecular flexibility index (Phi) is 10.3. The van der Waals surface area contributed by atoms with Gasteiger partial charge in [-0.1, -0.05) is 30.0 Å². The third kappa shape index (κ3) is 7.25. The number of anilines is 1. The molecule has 12 heteroatoms. The molecule has 0 N–H and O–H groups in total. The molecular weight excluding hydrogens is 654 g/mol. The van der Waals surface area contributed by atoms with Crippen molar-refractivity contribution in [3.63, 3.8) is 0 Å². The minimum Gasteiger partial charge on any atom is -0.378 e. The molecule has 1 aliphatic heterocycles. The van der Waals surface area contributed by atoms with Gasteiger partial charge in [-0.3, -0.25) is 23.6 Å². The number of rotatable bonds is 9. The van der Waals surface area contributed by atoms with Crippen LogP contribution in [0.2, 0.25) is 0 Å². The molecule has 1 saturated heterocycles. The van der Waals surface area contributed by atoms with Gasteiger partial charge in [0.2, 0.25) is 0 Å². The van der Waals surface area contributed by atoms with Crippen LogP contribution < -0.4 is 16.0 Å². The molecule has 5 aromatic rings. The molecular formula is C39H40F2N6O4. The lowest BCUT2D eigenvalue weighted by Gasteiger charge is -2.28. The molecule has 1 aliphatic rings. The Labute approximate surface area is 294 Å². The quantitative estimate of drug-likeness (QED) is 0.153. The molecule has 0 spiro atoms. The van der Waals surface area contributed by atoms with Crippen LogP contribution in [0.5, 0.6) is 0 Å². The van der Waals surface area contributed by atoms with Crippen LogP contribution in [0.1, 0.15) is 76.9 Å². The molecule has 0 radical (unpaired) electrons. The number of hydrogen-bond donors (Lipinski definition) is 0. The van der Waals surface area contributed by atoms with E-state index in [1.807, 2.05) is 20.8 Å². The lowest BCUT2D eigenvalue weighted by Crippen LogP contribution is -2.36. The summed E-state index contributed by atoms with van der Waals surface area (Å²) in [6.07, 6.45) is 2.33. The zero-order valence-corrected chi connectivity index (χ0v) is 29.4. The molecule has 0 saturated carbocycles. The van der Waals surface area contributed by atoms with Gasteiger partial charge in [-0.05, 0) is 68.7 Å². The summed E-state index contributed by atoms with van der Waals surface area (Å²) in [5, 5.41) is 0.719. The highest BCUT2D eigenvalue weighted by Gasteiger charge is 2.22. The van der Waals surface area contributed by atoms with E-state index in [9.17, 15) is 23.2 Å². The van der Waals surface area contributed by atoms with Gasteiger partial charge in [-0.15, -0.1) is 0 Å². The Morgan fingerprint density at radius 2 is 1.69 bits per heavy atom. The maximum Gasteiger partial charge on any atom is 0.278 e. The van der Waals surface area contributed by atoms with Gasteiger partial charge >= 0.3 is 0 Å². The van der Waals surface area contributed by atoms with Crippen LogP contribution in [0.4, 0.5) is 14.5 Å². The summed E-state index contributed by atoms with van der Waals surface area (Å²) in [6.45, 7) is 10.5. The predicted octanol–water partition coefficient (Wildman–Crippen LogP) is 5.26. The first kappa shape index (κ1) is 35.4. The second-order valence-electron chi connectivity index (χ2n) is 13.1. The fraction of sp³-hybridized carbons (Fsp3) is 0.359. The van der Waals surface area contributed by atoms with E-state index >= 15 is 0 Å². The van der Waals surface area contributed by atoms with Gasteiger partial charge in [-0.2, -0.15) is 0 Å². The van der Waals surface area contributed by atoms with Crippen molar-refractivity contribution in [3.8, 4) is 11.8 Å². The SMILES string of the molecule is Cc1c(C#CCCC(=O)c2c(C)n(C)n(Cc3ccc(F)c(F)c3)c2=O)c(=O)n(C(C)C)c2nc(Cc3ccc(N4CCOCC4)cc3)ncc12. The molecule has 1 fully saturated rings. The maximum absolute atomic E-state index is 13.8. The smallest absolute Gasteiger partial charge is 0.278 e. The number of Topliss-reactive ketones (excluding diaryl/α,β-unsaturated/α-hetero) is 1. The molecule has 3 aromatic heterocycles. The van der Waals surface area contributed by atoms with Crippen LogP contribution in [0.15, 0.2) is 58.3 Å². The van der Waals surface area contributed by atoms with Crippen molar-refractivity contribution >= 4 is 22.5 Å². The molecule has 0 bridgehead atoms. The van der Waals surface area contributed by atoms with Gasteiger partial charge in [0, 0.05) is 68.4 Å². The Morgan fingerprint density at radius 3 is 2.37 bits per heavy atom. The molecule has 0 unspecified atom stereocenters. The number of hydrogen-bond acceptors (Lipinski definition) is 7. The van der Waals surface area contributed by atoms with Gasteiger partial charge in [0.25, 0.3) is 11.1 Å². The van der Waals surface area contributed by atoms with Gasteiger partial charge in [0.15, 0.2) is 17.4 Å². The highest BCUT2D eigenvalue weighted by atomic mass is 19.2. The first-order chi connectivity index (χ1) is 24.4. The van der Waals surface area contributed by atoms with Gasteiger partial charge in [0.1, 0.15) is 17.0 Å². The van der Waals surface area contributed by atoms with E-state index in [-0.39, 0.29) is 36.6 Å². The van der Waals surface area contributed by atoms with Gasteiger partial charge in [-0.25, -0.2) is 23.4 Å². The lowest BCUT2D eigenvalue weighted by molar-refractivity contribution is 0.0982. The van der Waals surface area contributed by atoms with Crippen molar-refractivity contribution in [2.75, 3.05) is 31.2 Å².